The monoisotopic (exact) mass is 227 g/mol. The lowest BCUT2D eigenvalue weighted by molar-refractivity contribution is 0.217. The van der Waals surface area contributed by atoms with Gasteiger partial charge in [0.05, 0.1) is 19.0 Å². The quantitative estimate of drug-likeness (QED) is 0.650. The van der Waals surface area contributed by atoms with Gasteiger partial charge in [-0.2, -0.15) is 4.31 Å². The molecule has 0 saturated carbocycles. The van der Waals surface area contributed by atoms with Crippen molar-refractivity contribution in [1.82, 2.24) is 4.31 Å². The number of hydrogen-bond donors (Lipinski definition) is 2. The summed E-state index contributed by atoms with van der Waals surface area (Å²) < 4.78 is 23.4. The van der Waals surface area contributed by atoms with Gasteiger partial charge < -0.3 is 10.2 Å². The fourth-order valence-corrected chi connectivity index (χ4v) is 1.88. The highest BCUT2D eigenvalue weighted by Crippen LogP contribution is 1.99. The van der Waals surface area contributed by atoms with Crippen molar-refractivity contribution in [2.45, 2.75) is 20.8 Å². The van der Waals surface area contributed by atoms with Crippen LogP contribution in [0.3, 0.4) is 0 Å². The van der Waals surface area contributed by atoms with Gasteiger partial charge in [0, 0.05) is 13.1 Å². The third-order valence-corrected chi connectivity index (χ3v) is 3.34. The van der Waals surface area contributed by atoms with Crippen molar-refractivity contribution in [3.05, 3.63) is 0 Å². The Morgan fingerprint density at radius 1 is 1.07 bits per heavy atom. The molecule has 0 spiro atoms. The predicted molar refractivity (Wildman–Crippen MR) is 56.6 cm³/mol. The second-order valence-electron chi connectivity index (χ2n) is 2.25. The van der Waals surface area contributed by atoms with E-state index in [0.717, 1.165) is 4.31 Å². The molecule has 0 unspecified atom stereocenters. The van der Waals surface area contributed by atoms with Crippen LogP contribution >= 0.6 is 0 Å². The maximum Gasteiger partial charge on any atom is 0.213 e. The van der Waals surface area contributed by atoms with Crippen molar-refractivity contribution in [2.24, 2.45) is 0 Å². The van der Waals surface area contributed by atoms with Gasteiger partial charge in [-0.05, 0) is 6.92 Å². The molecule has 0 aliphatic rings. The van der Waals surface area contributed by atoms with Crippen molar-refractivity contribution in [3.63, 3.8) is 0 Å². The molecule has 0 rings (SSSR count). The molecule has 14 heavy (non-hydrogen) atoms. The summed E-state index contributed by atoms with van der Waals surface area (Å²) in [7, 11) is -3.27. The molecule has 0 radical (unpaired) electrons. The Morgan fingerprint density at radius 2 is 1.43 bits per heavy atom. The summed E-state index contributed by atoms with van der Waals surface area (Å²) >= 11 is 0. The first kappa shape index (κ1) is 16.3. The number of aliphatic hydroxyl groups excluding tert-OH is 2. The number of aliphatic hydroxyl groups is 2. The molecule has 2 N–H and O–H groups in total. The molecule has 0 bridgehead atoms. The van der Waals surface area contributed by atoms with E-state index in [9.17, 15) is 8.42 Å². The van der Waals surface area contributed by atoms with E-state index >= 15 is 0 Å². The fraction of sp³-hybridized carbons (Fsp3) is 1.00. The van der Waals surface area contributed by atoms with Crippen molar-refractivity contribution >= 4 is 10.0 Å². The van der Waals surface area contributed by atoms with Gasteiger partial charge in [0.25, 0.3) is 0 Å². The first-order valence-corrected chi connectivity index (χ1v) is 6.39. The Balaban J connectivity index is 0. The molecule has 88 valence electrons. The van der Waals surface area contributed by atoms with Gasteiger partial charge in [0.15, 0.2) is 0 Å². The van der Waals surface area contributed by atoms with Crippen LogP contribution in [0.4, 0.5) is 0 Å². The normalized spacial score (nSPS) is 11.0. The molecular weight excluding hydrogens is 206 g/mol. The van der Waals surface area contributed by atoms with Gasteiger partial charge >= 0.3 is 0 Å². The van der Waals surface area contributed by atoms with Crippen LogP contribution in [0.1, 0.15) is 20.8 Å². The minimum absolute atomic E-state index is 0.00694. The number of rotatable bonds is 6. The summed E-state index contributed by atoms with van der Waals surface area (Å²) in [6, 6.07) is 0. The average molecular weight is 227 g/mol. The summed E-state index contributed by atoms with van der Waals surface area (Å²) in [5.41, 5.74) is 0. The molecular formula is C8H21NO4S. The maximum atomic E-state index is 11.2. The molecule has 0 aromatic carbocycles. The number of nitrogens with zero attached hydrogens (tertiary/aromatic N) is 1. The van der Waals surface area contributed by atoms with Gasteiger partial charge in [0.2, 0.25) is 10.0 Å². The molecule has 0 fully saturated rings. The second-order valence-corrected chi connectivity index (χ2v) is 4.50. The molecule has 5 nitrogen and oxygen atoms in total. The smallest absolute Gasteiger partial charge is 0.213 e. The van der Waals surface area contributed by atoms with E-state index in [4.69, 9.17) is 10.2 Å². The lowest BCUT2D eigenvalue weighted by Crippen LogP contribution is -2.36. The topological polar surface area (TPSA) is 77.8 Å². The lowest BCUT2D eigenvalue weighted by atomic mass is 10.6. The van der Waals surface area contributed by atoms with Crippen LogP contribution in [0.25, 0.3) is 0 Å². The maximum absolute atomic E-state index is 11.2. The zero-order chi connectivity index (χ0) is 11.6. The van der Waals surface area contributed by atoms with Crippen molar-refractivity contribution in [3.8, 4) is 0 Å². The van der Waals surface area contributed by atoms with Crippen LogP contribution in [-0.2, 0) is 10.0 Å². The van der Waals surface area contributed by atoms with Gasteiger partial charge in [-0.25, -0.2) is 8.42 Å². The van der Waals surface area contributed by atoms with Crippen LogP contribution in [0.5, 0.6) is 0 Å². The van der Waals surface area contributed by atoms with E-state index in [1.807, 2.05) is 13.8 Å². The molecule has 0 saturated heterocycles. The van der Waals surface area contributed by atoms with E-state index in [1.54, 1.807) is 0 Å². The molecule has 0 atom stereocenters. The SMILES string of the molecule is CC.CCS(=O)(=O)N(CCO)CCO. The zero-order valence-electron chi connectivity index (χ0n) is 9.10. The van der Waals surface area contributed by atoms with E-state index in [1.165, 1.54) is 6.92 Å². The summed E-state index contributed by atoms with van der Waals surface area (Å²) in [6.45, 7) is 5.18. The minimum atomic E-state index is -3.27. The highest BCUT2D eigenvalue weighted by atomic mass is 32.2. The summed E-state index contributed by atoms with van der Waals surface area (Å²) in [4.78, 5) is 0. The van der Waals surface area contributed by atoms with Gasteiger partial charge in [-0.1, -0.05) is 13.8 Å². The molecule has 0 aromatic heterocycles. The third kappa shape index (κ3) is 6.31. The van der Waals surface area contributed by atoms with Crippen molar-refractivity contribution in [2.75, 3.05) is 32.1 Å². The Bertz CT molecular complexity index is 197. The highest BCUT2D eigenvalue weighted by molar-refractivity contribution is 7.89. The molecule has 0 heterocycles. The van der Waals surface area contributed by atoms with E-state index < -0.39 is 10.0 Å². The Kier molecular flexibility index (Phi) is 10.9. The summed E-state index contributed by atoms with van der Waals surface area (Å²) in [6.07, 6.45) is 0. The molecule has 0 amide bonds. The van der Waals surface area contributed by atoms with E-state index in [2.05, 4.69) is 0 Å². The van der Waals surface area contributed by atoms with Crippen LogP contribution in [0.15, 0.2) is 0 Å². The summed E-state index contributed by atoms with van der Waals surface area (Å²) in [5, 5.41) is 17.1. The fourth-order valence-electron chi connectivity index (χ4n) is 0.796. The summed E-state index contributed by atoms with van der Waals surface area (Å²) in [5.74, 6) is -0.00694. The van der Waals surface area contributed by atoms with Crippen LogP contribution in [0.2, 0.25) is 0 Å². The Hall–Kier alpha value is -0.170. The average Bonchev–Trinajstić information content (AvgIpc) is 2.20. The first-order chi connectivity index (χ1) is 6.58. The van der Waals surface area contributed by atoms with Crippen molar-refractivity contribution < 1.29 is 18.6 Å². The Labute approximate surface area is 86.4 Å². The molecule has 0 aromatic rings. The number of hydrogen-bond acceptors (Lipinski definition) is 4. The van der Waals surface area contributed by atoms with Crippen LogP contribution < -0.4 is 0 Å². The minimum Gasteiger partial charge on any atom is -0.395 e. The van der Waals surface area contributed by atoms with E-state index in [0.29, 0.717) is 0 Å². The van der Waals surface area contributed by atoms with E-state index in [-0.39, 0.29) is 32.1 Å². The lowest BCUT2D eigenvalue weighted by Gasteiger charge is -2.18. The largest absolute Gasteiger partial charge is 0.395 e. The van der Waals surface area contributed by atoms with Crippen LogP contribution in [-0.4, -0.2) is 55.0 Å². The second kappa shape index (κ2) is 9.39. The number of sulfonamides is 1. The standard InChI is InChI=1S/C6H15NO4S.C2H6/c1-2-12(10,11)7(3-5-8)4-6-9;1-2/h8-9H,2-6H2,1H3;1-2H3. The van der Waals surface area contributed by atoms with Gasteiger partial charge in [-0.3, -0.25) is 0 Å². The van der Waals surface area contributed by atoms with Crippen molar-refractivity contribution in [1.29, 1.82) is 0 Å². The molecule has 0 aliphatic carbocycles. The predicted octanol–water partition coefficient (Wildman–Crippen LogP) is -0.351. The highest BCUT2D eigenvalue weighted by Gasteiger charge is 2.17. The molecule has 0 aliphatic heterocycles. The van der Waals surface area contributed by atoms with Gasteiger partial charge in [0.1, 0.15) is 0 Å². The molecule has 6 heteroatoms. The van der Waals surface area contributed by atoms with Crippen LogP contribution in [0, 0.1) is 0 Å². The third-order valence-electron chi connectivity index (χ3n) is 1.46. The van der Waals surface area contributed by atoms with Gasteiger partial charge in [-0.15, -0.1) is 0 Å². The zero-order valence-corrected chi connectivity index (χ0v) is 9.92. The Morgan fingerprint density at radius 3 is 1.64 bits per heavy atom. The first-order valence-electron chi connectivity index (χ1n) is 4.78.